The number of allylic oxidation sites excluding steroid dienone is 1. The lowest BCUT2D eigenvalue weighted by Crippen LogP contribution is -2.24. The van der Waals surface area contributed by atoms with Crippen molar-refractivity contribution < 1.29 is 14.3 Å². The lowest BCUT2D eigenvalue weighted by atomic mass is 9.83. The summed E-state index contributed by atoms with van der Waals surface area (Å²) >= 11 is 0. The Morgan fingerprint density at radius 2 is 1.91 bits per heavy atom. The van der Waals surface area contributed by atoms with E-state index in [4.69, 9.17) is 20.2 Å². The molecule has 0 radical (unpaired) electrons. The van der Waals surface area contributed by atoms with Crippen molar-refractivity contribution in [3.05, 3.63) is 83.4 Å². The van der Waals surface area contributed by atoms with E-state index in [0.29, 0.717) is 39.9 Å². The van der Waals surface area contributed by atoms with Crippen LogP contribution in [0, 0.1) is 0 Å². The second-order valence-corrected chi connectivity index (χ2v) is 7.39. The average molecular weight is 427 g/mol. The van der Waals surface area contributed by atoms with Gasteiger partial charge in [-0.15, -0.1) is 5.10 Å². The summed E-state index contributed by atoms with van der Waals surface area (Å²) in [5.74, 6) is 0.401. The molecule has 32 heavy (non-hydrogen) atoms. The molecule has 0 bridgehead atoms. The molecule has 1 aliphatic heterocycles. The van der Waals surface area contributed by atoms with Gasteiger partial charge in [0.1, 0.15) is 12.1 Å². The lowest BCUT2D eigenvalue weighted by molar-refractivity contribution is -0.139. The summed E-state index contributed by atoms with van der Waals surface area (Å²) < 4.78 is 12.9. The summed E-state index contributed by atoms with van der Waals surface area (Å²) in [6.45, 7) is 3.78. The molecular formula is C24H21N5O3. The van der Waals surface area contributed by atoms with Gasteiger partial charge >= 0.3 is 5.97 Å². The molecule has 8 heteroatoms. The number of carbonyl (C=O) groups is 1. The summed E-state index contributed by atoms with van der Waals surface area (Å²) in [5, 5.41) is 4.58. The smallest absolute Gasteiger partial charge is 0.338 e. The van der Waals surface area contributed by atoms with Crippen molar-refractivity contribution in [2.24, 2.45) is 0 Å². The number of hydrogen-bond acceptors (Lipinski definition) is 7. The molecule has 4 aromatic rings. The predicted octanol–water partition coefficient (Wildman–Crippen LogP) is 3.73. The zero-order chi connectivity index (χ0) is 22.2. The number of rotatable bonds is 4. The number of benzene rings is 2. The molecular weight excluding hydrogens is 406 g/mol. The number of hydrogen-bond donors (Lipinski definition) is 1. The van der Waals surface area contributed by atoms with E-state index in [-0.39, 0.29) is 6.61 Å². The van der Waals surface area contributed by atoms with E-state index in [1.165, 1.54) is 0 Å². The third-order valence-corrected chi connectivity index (χ3v) is 5.42. The van der Waals surface area contributed by atoms with Crippen molar-refractivity contribution in [1.82, 2.24) is 19.6 Å². The summed E-state index contributed by atoms with van der Waals surface area (Å²) in [7, 11) is 0. The van der Waals surface area contributed by atoms with Crippen LogP contribution in [0.1, 0.15) is 30.9 Å². The zero-order valence-electron chi connectivity index (χ0n) is 17.6. The minimum atomic E-state index is -0.472. The second-order valence-electron chi connectivity index (χ2n) is 7.39. The third kappa shape index (κ3) is 3.17. The first-order chi connectivity index (χ1) is 15.6. The normalized spacial score (nSPS) is 15.4. The van der Waals surface area contributed by atoms with E-state index < -0.39 is 11.9 Å². The first-order valence-corrected chi connectivity index (χ1v) is 10.3. The molecule has 0 amide bonds. The third-order valence-electron chi connectivity index (χ3n) is 5.42. The van der Waals surface area contributed by atoms with Crippen LogP contribution in [0.15, 0.2) is 72.3 Å². The fourth-order valence-electron chi connectivity index (χ4n) is 4.01. The van der Waals surface area contributed by atoms with Crippen molar-refractivity contribution in [2.45, 2.75) is 19.8 Å². The summed E-state index contributed by atoms with van der Waals surface area (Å²) in [5.41, 5.74) is 9.95. The zero-order valence-corrected chi connectivity index (χ0v) is 17.6. The van der Waals surface area contributed by atoms with E-state index in [2.05, 4.69) is 10.1 Å². The largest absolute Gasteiger partial charge is 0.463 e. The Balaban J connectivity index is 1.76. The SMILES string of the molecule is CCOC(=O)C1=C(C)Oc2ncn3nc(-c4ccccc4N)nc3c2C1c1ccccc1. The van der Waals surface area contributed by atoms with Gasteiger partial charge in [0, 0.05) is 11.3 Å². The number of nitrogens with two attached hydrogens (primary N) is 1. The Labute approximate surface area is 184 Å². The molecule has 2 aromatic carbocycles. The van der Waals surface area contributed by atoms with Crippen molar-refractivity contribution >= 4 is 17.3 Å². The molecule has 1 aliphatic rings. The van der Waals surface area contributed by atoms with Crippen LogP contribution in [0.2, 0.25) is 0 Å². The van der Waals surface area contributed by atoms with Gasteiger partial charge < -0.3 is 15.2 Å². The fourth-order valence-corrected chi connectivity index (χ4v) is 4.01. The van der Waals surface area contributed by atoms with Crippen molar-refractivity contribution in [1.29, 1.82) is 0 Å². The Morgan fingerprint density at radius 1 is 1.16 bits per heavy atom. The molecule has 8 nitrogen and oxygen atoms in total. The van der Waals surface area contributed by atoms with Crippen molar-refractivity contribution in [2.75, 3.05) is 12.3 Å². The molecule has 1 unspecified atom stereocenters. The van der Waals surface area contributed by atoms with Gasteiger partial charge in [-0.1, -0.05) is 42.5 Å². The monoisotopic (exact) mass is 427 g/mol. The first-order valence-electron chi connectivity index (χ1n) is 10.3. The highest BCUT2D eigenvalue weighted by atomic mass is 16.5. The van der Waals surface area contributed by atoms with E-state index in [1.807, 2.05) is 48.5 Å². The van der Waals surface area contributed by atoms with Gasteiger partial charge in [-0.3, -0.25) is 0 Å². The highest BCUT2D eigenvalue weighted by molar-refractivity contribution is 5.93. The van der Waals surface area contributed by atoms with Crippen molar-refractivity contribution in [3.63, 3.8) is 0 Å². The number of fused-ring (bicyclic) bond motifs is 3. The molecule has 0 aliphatic carbocycles. The number of aromatic nitrogens is 4. The molecule has 0 saturated heterocycles. The molecule has 160 valence electrons. The van der Waals surface area contributed by atoms with Gasteiger partial charge in [0.25, 0.3) is 0 Å². The Hall–Kier alpha value is -4.20. The Bertz CT molecular complexity index is 1360. The first kappa shape index (κ1) is 19.7. The summed E-state index contributed by atoms with van der Waals surface area (Å²) in [6, 6.07) is 17.1. The second kappa shape index (κ2) is 7.81. The average Bonchev–Trinajstić information content (AvgIpc) is 3.23. The molecule has 0 fully saturated rings. The molecule has 5 rings (SSSR count). The topological polar surface area (TPSA) is 105 Å². The van der Waals surface area contributed by atoms with Crippen LogP contribution in [-0.4, -0.2) is 32.2 Å². The maximum absolute atomic E-state index is 13.0. The summed E-state index contributed by atoms with van der Waals surface area (Å²) in [6.07, 6.45) is 1.55. The van der Waals surface area contributed by atoms with E-state index in [9.17, 15) is 4.79 Å². The van der Waals surface area contributed by atoms with Crippen LogP contribution in [0.5, 0.6) is 5.88 Å². The predicted molar refractivity (Wildman–Crippen MR) is 119 cm³/mol. The van der Waals surface area contributed by atoms with Gasteiger partial charge in [0.15, 0.2) is 11.5 Å². The van der Waals surface area contributed by atoms with E-state index >= 15 is 0 Å². The van der Waals surface area contributed by atoms with Crippen LogP contribution < -0.4 is 10.5 Å². The Kier molecular flexibility index (Phi) is 4.82. The van der Waals surface area contributed by atoms with Gasteiger partial charge in [0.2, 0.25) is 5.88 Å². The number of nitrogen functional groups attached to an aromatic ring is 1. The molecule has 2 aromatic heterocycles. The number of anilines is 1. The Morgan fingerprint density at radius 3 is 2.66 bits per heavy atom. The van der Waals surface area contributed by atoms with Gasteiger partial charge in [-0.05, 0) is 31.5 Å². The minimum Gasteiger partial charge on any atom is -0.463 e. The van der Waals surface area contributed by atoms with Crippen LogP contribution in [0.4, 0.5) is 5.69 Å². The molecule has 0 saturated carbocycles. The maximum Gasteiger partial charge on any atom is 0.338 e. The van der Waals surface area contributed by atoms with Crippen molar-refractivity contribution in [3.8, 4) is 17.3 Å². The molecule has 0 spiro atoms. The highest BCUT2D eigenvalue weighted by Gasteiger charge is 2.38. The van der Waals surface area contributed by atoms with Gasteiger partial charge in [-0.25, -0.2) is 19.3 Å². The van der Waals surface area contributed by atoms with Crippen LogP contribution >= 0.6 is 0 Å². The van der Waals surface area contributed by atoms with Gasteiger partial charge in [-0.2, -0.15) is 0 Å². The lowest BCUT2D eigenvalue weighted by Gasteiger charge is -2.28. The quantitative estimate of drug-likeness (QED) is 0.391. The molecule has 3 heterocycles. The number of esters is 1. The van der Waals surface area contributed by atoms with E-state index in [0.717, 1.165) is 11.1 Å². The highest BCUT2D eigenvalue weighted by Crippen LogP contribution is 2.44. The van der Waals surface area contributed by atoms with Crippen LogP contribution in [0.25, 0.3) is 17.0 Å². The molecule has 1 atom stereocenters. The van der Waals surface area contributed by atoms with Gasteiger partial charge in [0.05, 0.1) is 23.7 Å². The number of carbonyl (C=O) groups excluding carboxylic acids is 1. The van der Waals surface area contributed by atoms with Crippen LogP contribution in [-0.2, 0) is 9.53 Å². The standard InChI is InChI=1S/C24H21N5O3/c1-3-31-24(30)18-14(2)32-23-20(19(18)15-9-5-4-6-10-15)22-27-21(28-29(22)13-26-23)16-11-7-8-12-17(16)25/h4-13,19H,3,25H2,1-2H3. The van der Waals surface area contributed by atoms with E-state index in [1.54, 1.807) is 30.8 Å². The number of para-hydroxylation sites is 1. The fraction of sp³-hybridized carbons (Fsp3) is 0.167. The maximum atomic E-state index is 13.0. The number of ether oxygens (including phenoxy) is 2. The van der Waals surface area contributed by atoms with Crippen LogP contribution in [0.3, 0.4) is 0 Å². The summed E-state index contributed by atoms with van der Waals surface area (Å²) in [4.78, 5) is 22.2. The number of nitrogens with zero attached hydrogens (tertiary/aromatic N) is 4. The molecule has 2 N–H and O–H groups in total. The minimum absolute atomic E-state index is 0.259.